The van der Waals surface area contributed by atoms with Crippen molar-refractivity contribution in [3.05, 3.63) is 0 Å². The maximum atomic E-state index is 11.3. The number of nitrogens with one attached hydrogen (secondary N) is 2. The fourth-order valence-electron chi connectivity index (χ4n) is 1.56. The van der Waals surface area contributed by atoms with E-state index >= 15 is 0 Å². The SMILES string of the molecule is CCCSSCCCCCCCNC(=O)CCC(=N)[O-]. The highest BCUT2D eigenvalue weighted by atomic mass is 33.1. The van der Waals surface area contributed by atoms with Crippen LogP contribution in [0.5, 0.6) is 0 Å². The minimum Gasteiger partial charge on any atom is -0.862 e. The number of hydrogen-bond donors (Lipinski definition) is 2. The quantitative estimate of drug-likeness (QED) is 0.223. The second-order valence-electron chi connectivity index (χ2n) is 4.68. The molecule has 0 heterocycles. The highest BCUT2D eigenvalue weighted by Gasteiger charge is 1.99. The zero-order valence-corrected chi connectivity index (χ0v) is 14.0. The molecule has 118 valence electrons. The Hall–Kier alpha value is -0.360. The van der Waals surface area contributed by atoms with Gasteiger partial charge in [0.05, 0.1) is 0 Å². The van der Waals surface area contributed by atoms with E-state index in [1.165, 1.54) is 37.2 Å². The average molecular weight is 320 g/mol. The molecule has 2 N–H and O–H groups in total. The third kappa shape index (κ3) is 15.7. The summed E-state index contributed by atoms with van der Waals surface area (Å²) in [5, 5.41) is 19.9. The Morgan fingerprint density at radius 3 is 2.40 bits per heavy atom. The van der Waals surface area contributed by atoms with E-state index in [0.29, 0.717) is 6.54 Å². The molecule has 0 bridgehead atoms. The van der Waals surface area contributed by atoms with Gasteiger partial charge in [0.1, 0.15) is 0 Å². The molecule has 0 aromatic carbocycles. The molecule has 0 spiro atoms. The predicted octanol–water partition coefficient (Wildman–Crippen LogP) is 2.96. The normalized spacial score (nSPS) is 10.4. The second-order valence-corrected chi connectivity index (χ2v) is 7.39. The zero-order valence-electron chi connectivity index (χ0n) is 12.4. The molecule has 20 heavy (non-hydrogen) atoms. The molecule has 6 heteroatoms. The van der Waals surface area contributed by atoms with Crippen molar-refractivity contribution < 1.29 is 9.90 Å². The van der Waals surface area contributed by atoms with Crippen LogP contribution in [-0.2, 0) is 4.79 Å². The van der Waals surface area contributed by atoms with E-state index in [2.05, 4.69) is 12.2 Å². The van der Waals surface area contributed by atoms with Crippen molar-refractivity contribution in [2.75, 3.05) is 18.1 Å². The molecule has 0 atom stereocenters. The number of carbonyl (C=O) groups is 1. The Bertz CT molecular complexity index is 264. The van der Waals surface area contributed by atoms with E-state index in [9.17, 15) is 9.90 Å². The average Bonchev–Trinajstić information content (AvgIpc) is 2.42. The van der Waals surface area contributed by atoms with E-state index in [-0.39, 0.29) is 18.7 Å². The molecule has 0 radical (unpaired) electrons. The third-order valence-corrected chi connectivity index (χ3v) is 5.37. The first kappa shape index (κ1) is 19.6. The summed E-state index contributed by atoms with van der Waals surface area (Å²) in [7, 11) is 3.94. The van der Waals surface area contributed by atoms with Crippen LogP contribution in [-0.4, -0.2) is 29.9 Å². The van der Waals surface area contributed by atoms with Gasteiger partial charge < -0.3 is 15.8 Å². The van der Waals surface area contributed by atoms with Gasteiger partial charge in [0, 0.05) is 24.5 Å². The molecule has 4 nitrogen and oxygen atoms in total. The molecule has 0 rings (SSSR count). The van der Waals surface area contributed by atoms with Crippen molar-refractivity contribution in [3.8, 4) is 0 Å². The number of unbranched alkanes of at least 4 members (excludes halogenated alkanes) is 4. The van der Waals surface area contributed by atoms with Crippen molar-refractivity contribution in [3.63, 3.8) is 0 Å². The lowest BCUT2D eigenvalue weighted by molar-refractivity contribution is -0.220. The van der Waals surface area contributed by atoms with E-state index in [4.69, 9.17) is 5.41 Å². The van der Waals surface area contributed by atoms with Crippen molar-refractivity contribution in [1.29, 1.82) is 5.41 Å². The summed E-state index contributed by atoms with van der Waals surface area (Å²) in [5.74, 6) is 1.70. The third-order valence-electron chi connectivity index (χ3n) is 2.68. The van der Waals surface area contributed by atoms with Gasteiger partial charge in [-0.25, -0.2) is 0 Å². The molecule has 0 unspecified atom stereocenters. The van der Waals surface area contributed by atoms with Crippen molar-refractivity contribution >= 4 is 33.4 Å². The monoisotopic (exact) mass is 319 g/mol. The maximum Gasteiger partial charge on any atom is 0.220 e. The Morgan fingerprint density at radius 2 is 1.70 bits per heavy atom. The van der Waals surface area contributed by atoms with Crippen molar-refractivity contribution in [2.24, 2.45) is 0 Å². The van der Waals surface area contributed by atoms with Crippen LogP contribution in [0.1, 0.15) is 58.3 Å². The maximum absolute atomic E-state index is 11.3. The summed E-state index contributed by atoms with van der Waals surface area (Å²) in [6, 6.07) is 0. The summed E-state index contributed by atoms with van der Waals surface area (Å²) < 4.78 is 0. The van der Waals surface area contributed by atoms with Crippen LogP contribution >= 0.6 is 21.6 Å². The van der Waals surface area contributed by atoms with Crippen molar-refractivity contribution in [1.82, 2.24) is 5.32 Å². The van der Waals surface area contributed by atoms with Crippen LogP contribution < -0.4 is 10.4 Å². The lowest BCUT2D eigenvalue weighted by Gasteiger charge is -2.07. The van der Waals surface area contributed by atoms with Gasteiger partial charge in [0.15, 0.2) is 0 Å². The van der Waals surface area contributed by atoms with Gasteiger partial charge in [-0.05, 0) is 31.6 Å². The molecule has 0 aromatic heterocycles. The molecule has 0 aromatic rings. The van der Waals surface area contributed by atoms with Crippen LogP contribution in [0.3, 0.4) is 0 Å². The first-order chi connectivity index (χ1) is 9.66. The van der Waals surface area contributed by atoms with Crippen LogP contribution in [0.2, 0.25) is 0 Å². The largest absolute Gasteiger partial charge is 0.862 e. The molecule has 0 aliphatic heterocycles. The van der Waals surface area contributed by atoms with Crippen LogP contribution in [0.15, 0.2) is 0 Å². The van der Waals surface area contributed by atoms with Gasteiger partial charge in [0.2, 0.25) is 5.91 Å². The first-order valence-electron chi connectivity index (χ1n) is 7.42. The Balaban J connectivity index is 3.12. The molecular formula is C14H27N2O2S2-. The Morgan fingerprint density at radius 1 is 1.05 bits per heavy atom. The van der Waals surface area contributed by atoms with Gasteiger partial charge in [0.25, 0.3) is 0 Å². The van der Waals surface area contributed by atoms with E-state index < -0.39 is 5.90 Å². The molecule has 1 amide bonds. The molecule has 0 saturated heterocycles. The molecule has 0 aliphatic rings. The highest BCUT2D eigenvalue weighted by Crippen LogP contribution is 2.23. The summed E-state index contributed by atoms with van der Waals surface area (Å²) in [4.78, 5) is 11.3. The van der Waals surface area contributed by atoms with Gasteiger partial charge in [-0.2, -0.15) is 0 Å². The van der Waals surface area contributed by atoms with Crippen LogP contribution in [0.4, 0.5) is 0 Å². The zero-order chi connectivity index (χ0) is 15.1. The van der Waals surface area contributed by atoms with Gasteiger partial charge >= 0.3 is 0 Å². The summed E-state index contributed by atoms with van der Waals surface area (Å²) in [6.07, 6.45) is 7.33. The number of amides is 1. The lowest BCUT2D eigenvalue weighted by Crippen LogP contribution is -2.26. The number of rotatable bonds is 14. The second kappa shape index (κ2) is 15.0. The standard InChI is InChI=1S/C14H28N2O2S2/c1-2-11-19-20-12-7-5-3-4-6-10-16-14(18)9-8-13(15)17/h2-12H2,1H3,(H2,15,17)(H,16,18)/p-1. The van der Waals surface area contributed by atoms with Gasteiger partial charge in [-0.3, -0.25) is 4.79 Å². The first-order valence-corrected chi connectivity index (χ1v) is 9.91. The summed E-state index contributed by atoms with van der Waals surface area (Å²) in [6.45, 7) is 2.89. The fraction of sp³-hybridized carbons (Fsp3) is 0.857. The Kier molecular flexibility index (Phi) is 14.8. The Labute approximate surface area is 130 Å². The van der Waals surface area contributed by atoms with Gasteiger partial charge in [-0.1, -0.05) is 47.8 Å². The number of hydrogen-bond acceptors (Lipinski definition) is 5. The number of carbonyl (C=O) groups excluding carboxylic acids is 1. The topological polar surface area (TPSA) is 76.0 Å². The van der Waals surface area contributed by atoms with Crippen molar-refractivity contribution in [2.45, 2.75) is 58.3 Å². The minimum atomic E-state index is -0.671. The van der Waals surface area contributed by atoms with E-state index in [0.717, 1.165) is 12.8 Å². The molecule has 0 fully saturated rings. The fourth-order valence-corrected chi connectivity index (χ4v) is 3.85. The summed E-state index contributed by atoms with van der Waals surface area (Å²) in [5.41, 5.74) is 0. The minimum absolute atomic E-state index is 0.0273. The predicted molar refractivity (Wildman–Crippen MR) is 88.3 cm³/mol. The van der Waals surface area contributed by atoms with E-state index in [1.54, 1.807) is 0 Å². The van der Waals surface area contributed by atoms with Crippen LogP contribution in [0, 0.1) is 5.41 Å². The molecular weight excluding hydrogens is 292 g/mol. The molecule has 0 aliphatic carbocycles. The summed E-state index contributed by atoms with van der Waals surface area (Å²) >= 11 is 0. The van der Waals surface area contributed by atoms with E-state index in [1.807, 2.05) is 21.6 Å². The molecule has 0 saturated carbocycles. The lowest BCUT2D eigenvalue weighted by atomic mass is 10.1. The smallest absolute Gasteiger partial charge is 0.220 e. The van der Waals surface area contributed by atoms with Gasteiger partial charge in [-0.15, -0.1) is 0 Å². The highest BCUT2D eigenvalue weighted by molar-refractivity contribution is 8.76. The van der Waals surface area contributed by atoms with Crippen LogP contribution in [0.25, 0.3) is 0 Å².